The van der Waals surface area contributed by atoms with Crippen molar-refractivity contribution in [1.29, 1.82) is 0 Å². The lowest BCUT2D eigenvalue weighted by Gasteiger charge is -2.35. The molecule has 1 heterocycles. The molecule has 2 rings (SSSR count). The van der Waals surface area contributed by atoms with Crippen molar-refractivity contribution in [3.8, 4) is 0 Å². The number of nitrogens with zero attached hydrogens (tertiary/aromatic N) is 1. The summed E-state index contributed by atoms with van der Waals surface area (Å²) in [7, 11) is 0. The third-order valence-corrected chi connectivity index (χ3v) is 4.04. The Kier molecular flexibility index (Phi) is 3.84. The van der Waals surface area contributed by atoms with Gasteiger partial charge in [-0.1, -0.05) is 26.7 Å². The highest BCUT2D eigenvalue weighted by atomic mass is 16.4. The van der Waals surface area contributed by atoms with E-state index in [4.69, 9.17) is 5.11 Å². The summed E-state index contributed by atoms with van der Waals surface area (Å²) in [4.78, 5) is 14.6. The van der Waals surface area contributed by atoms with Gasteiger partial charge in [-0.3, -0.25) is 0 Å². The lowest BCUT2D eigenvalue weighted by Crippen LogP contribution is -2.35. The largest absolute Gasteiger partial charge is 0.477 e. The zero-order valence-electron chi connectivity index (χ0n) is 10.9. The van der Waals surface area contributed by atoms with Crippen LogP contribution in [-0.2, 0) is 0 Å². The number of aromatic carboxylic acids is 1. The maximum absolute atomic E-state index is 10.7. The third kappa shape index (κ3) is 2.81. The van der Waals surface area contributed by atoms with E-state index in [-0.39, 0.29) is 5.69 Å². The number of carboxylic acids is 1. The first kappa shape index (κ1) is 12.9. The van der Waals surface area contributed by atoms with Gasteiger partial charge in [0.2, 0.25) is 0 Å². The van der Waals surface area contributed by atoms with Crippen LogP contribution in [0.1, 0.15) is 43.6 Å². The summed E-state index contributed by atoms with van der Waals surface area (Å²) >= 11 is 0. The van der Waals surface area contributed by atoms with Crippen LogP contribution in [0.2, 0.25) is 0 Å². The molecular formula is C14H20N2O2. The van der Waals surface area contributed by atoms with E-state index < -0.39 is 5.97 Å². The molecule has 1 aliphatic carbocycles. The van der Waals surface area contributed by atoms with Crippen LogP contribution < -0.4 is 5.32 Å². The van der Waals surface area contributed by atoms with Gasteiger partial charge in [-0.2, -0.15) is 0 Å². The Hall–Kier alpha value is -1.58. The summed E-state index contributed by atoms with van der Waals surface area (Å²) in [6, 6.07) is 3.80. The SMILES string of the molecule is CC1CCCC(Nc2ccc(C(=O)O)nc2)C1C. The molecule has 98 valence electrons. The van der Waals surface area contributed by atoms with Gasteiger partial charge in [0.15, 0.2) is 0 Å². The molecule has 3 unspecified atom stereocenters. The lowest BCUT2D eigenvalue weighted by molar-refractivity contribution is 0.0690. The average molecular weight is 248 g/mol. The number of aromatic nitrogens is 1. The molecule has 1 aromatic heterocycles. The van der Waals surface area contributed by atoms with Crippen molar-refractivity contribution >= 4 is 11.7 Å². The number of nitrogens with one attached hydrogen (secondary N) is 1. The molecular weight excluding hydrogens is 228 g/mol. The Morgan fingerprint density at radius 3 is 2.78 bits per heavy atom. The van der Waals surface area contributed by atoms with Crippen LogP contribution in [0.5, 0.6) is 0 Å². The minimum absolute atomic E-state index is 0.0885. The van der Waals surface area contributed by atoms with E-state index >= 15 is 0 Å². The fourth-order valence-electron chi connectivity index (χ4n) is 2.61. The van der Waals surface area contributed by atoms with Crippen molar-refractivity contribution < 1.29 is 9.90 Å². The van der Waals surface area contributed by atoms with E-state index in [9.17, 15) is 4.79 Å². The van der Waals surface area contributed by atoms with Gasteiger partial charge in [-0.25, -0.2) is 9.78 Å². The fourth-order valence-corrected chi connectivity index (χ4v) is 2.61. The van der Waals surface area contributed by atoms with Crippen LogP contribution in [0.15, 0.2) is 18.3 Å². The number of hydrogen-bond donors (Lipinski definition) is 2. The van der Waals surface area contributed by atoms with Gasteiger partial charge >= 0.3 is 5.97 Å². The summed E-state index contributed by atoms with van der Waals surface area (Å²) in [5.41, 5.74) is 0.997. The molecule has 0 bridgehead atoms. The number of carbonyl (C=O) groups is 1. The van der Waals surface area contributed by atoms with E-state index in [2.05, 4.69) is 24.1 Å². The second-order valence-electron chi connectivity index (χ2n) is 5.26. The van der Waals surface area contributed by atoms with E-state index in [1.807, 2.05) is 0 Å². The molecule has 1 aliphatic rings. The summed E-state index contributed by atoms with van der Waals surface area (Å²) < 4.78 is 0. The minimum atomic E-state index is -0.985. The molecule has 1 aromatic rings. The topological polar surface area (TPSA) is 62.2 Å². The van der Waals surface area contributed by atoms with Crippen LogP contribution >= 0.6 is 0 Å². The summed E-state index contributed by atoms with van der Waals surface area (Å²) in [6.45, 7) is 4.57. The normalized spacial score (nSPS) is 27.8. The maximum Gasteiger partial charge on any atom is 0.354 e. The van der Waals surface area contributed by atoms with Crippen LogP contribution in [-0.4, -0.2) is 22.1 Å². The van der Waals surface area contributed by atoms with E-state index in [1.54, 1.807) is 18.3 Å². The van der Waals surface area contributed by atoms with Crippen molar-refractivity contribution in [2.45, 2.75) is 39.2 Å². The predicted octanol–water partition coefficient (Wildman–Crippen LogP) is 3.02. The van der Waals surface area contributed by atoms with Gasteiger partial charge in [0.25, 0.3) is 0 Å². The minimum Gasteiger partial charge on any atom is -0.477 e. The van der Waals surface area contributed by atoms with E-state index in [1.165, 1.54) is 19.3 Å². The number of anilines is 1. The molecule has 0 radical (unpaired) electrons. The quantitative estimate of drug-likeness (QED) is 0.863. The molecule has 1 saturated carbocycles. The average Bonchev–Trinajstić information content (AvgIpc) is 2.36. The standard InChI is InChI=1S/C14H20N2O2/c1-9-4-3-5-12(10(9)2)16-11-6-7-13(14(17)18)15-8-11/h6-10,12,16H,3-5H2,1-2H3,(H,17,18). The third-order valence-electron chi connectivity index (χ3n) is 4.04. The van der Waals surface area contributed by atoms with Crippen molar-refractivity contribution in [1.82, 2.24) is 4.98 Å². The van der Waals surface area contributed by atoms with Gasteiger partial charge in [0.05, 0.1) is 11.9 Å². The number of rotatable bonds is 3. The summed E-state index contributed by atoms with van der Waals surface area (Å²) in [5, 5.41) is 12.3. The molecule has 0 aliphatic heterocycles. The smallest absolute Gasteiger partial charge is 0.354 e. The zero-order valence-corrected chi connectivity index (χ0v) is 10.9. The first-order valence-electron chi connectivity index (χ1n) is 6.54. The van der Waals surface area contributed by atoms with Crippen LogP contribution in [0, 0.1) is 11.8 Å². The molecule has 18 heavy (non-hydrogen) atoms. The predicted molar refractivity (Wildman–Crippen MR) is 70.8 cm³/mol. The Morgan fingerprint density at radius 2 is 2.17 bits per heavy atom. The van der Waals surface area contributed by atoms with Gasteiger partial charge in [-0.05, 0) is 30.4 Å². The highest BCUT2D eigenvalue weighted by molar-refractivity contribution is 5.85. The van der Waals surface area contributed by atoms with Crippen molar-refractivity contribution in [2.24, 2.45) is 11.8 Å². The molecule has 1 fully saturated rings. The highest BCUT2D eigenvalue weighted by Crippen LogP contribution is 2.31. The Bertz CT molecular complexity index is 416. The summed E-state index contributed by atoms with van der Waals surface area (Å²) in [5.74, 6) is 0.390. The zero-order chi connectivity index (χ0) is 13.1. The second kappa shape index (κ2) is 5.38. The van der Waals surface area contributed by atoms with Gasteiger partial charge in [0.1, 0.15) is 5.69 Å². The van der Waals surface area contributed by atoms with Crippen LogP contribution in [0.25, 0.3) is 0 Å². The first-order valence-corrected chi connectivity index (χ1v) is 6.54. The molecule has 0 aromatic carbocycles. The second-order valence-corrected chi connectivity index (χ2v) is 5.26. The Balaban J connectivity index is 2.02. The van der Waals surface area contributed by atoms with Crippen LogP contribution in [0.3, 0.4) is 0 Å². The number of hydrogen-bond acceptors (Lipinski definition) is 3. The Labute approximate surface area is 107 Å². The molecule has 4 nitrogen and oxygen atoms in total. The first-order chi connectivity index (χ1) is 8.58. The molecule has 0 amide bonds. The maximum atomic E-state index is 10.7. The van der Waals surface area contributed by atoms with E-state index in [0.717, 1.165) is 11.6 Å². The molecule has 4 heteroatoms. The van der Waals surface area contributed by atoms with Crippen molar-refractivity contribution in [2.75, 3.05) is 5.32 Å². The van der Waals surface area contributed by atoms with Crippen molar-refractivity contribution in [3.63, 3.8) is 0 Å². The molecule has 3 atom stereocenters. The van der Waals surface area contributed by atoms with Gasteiger partial charge in [-0.15, -0.1) is 0 Å². The van der Waals surface area contributed by atoms with Gasteiger partial charge < -0.3 is 10.4 Å². The van der Waals surface area contributed by atoms with Crippen LogP contribution in [0.4, 0.5) is 5.69 Å². The molecule has 2 N–H and O–H groups in total. The molecule has 0 saturated heterocycles. The summed E-state index contributed by atoms with van der Waals surface area (Å²) in [6.07, 6.45) is 5.33. The molecule has 0 spiro atoms. The van der Waals surface area contributed by atoms with E-state index in [0.29, 0.717) is 12.0 Å². The number of carboxylic acid groups (broad SMARTS) is 1. The van der Waals surface area contributed by atoms with Crippen molar-refractivity contribution in [3.05, 3.63) is 24.0 Å². The fraction of sp³-hybridized carbons (Fsp3) is 0.571. The van der Waals surface area contributed by atoms with Gasteiger partial charge in [0, 0.05) is 6.04 Å². The lowest BCUT2D eigenvalue weighted by atomic mass is 9.78. The number of pyridine rings is 1. The monoisotopic (exact) mass is 248 g/mol. The Morgan fingerprint density at radius 1 is 1.39 bits per heavy atom. The highest BCUT2D eigenvalue weighted by Gasteiger charge is 2.26.